The van der Waals surface area contributed by atoms with Crippen LogP contribution in [0.25, 0.3) is 0 Å². The van der Waals surface area contributed by atoms with Gasteiger partial charge in [-0.05, 0) is 42.8 Å². The number of nitrogens with one attached hydrogen (secondary N) is 1. The van der Waals surface area contributed by atoms with Gasteiger partial charge in [0.05, 0.1) is 22.8 Å². The number of halogens is 2. The normalized spacial score (nSPS) is 10.3. The third-order valence-corrected chi connectivity index (χ3v) is 4.53. The van der Waals surface area contributed by atoms with Gasteiger partial charge in [-0.3, -0.25) is 9.59 Å². The van der Waals surface area contributed by atoms with Crippen LogP contribution in [0.15, 0.2) is 36.4 Å². The maximum absolute atomic E-state index is 12.3. The van der Waals surface area contributed by atoms with Gasteiger partial charge in [0.1, 0.15) is 5.75 Å². The highest BCUT2D eigenvalue weighted by molar-refractivity contribution is 6.42. The molecule has 0 aliphatic rings. The Labute approximate surface area is 162 Å². The van der Waals surface area contributed by atoms with Gasteiger partial charge >= 0.3 is 0 Å². The van der Waals surface area contributed by atoms with Crippen LogP contribution in [0.1, 0.15) is 18.9 Å². The molecular weight excluding hydrogens is 375 g/mol. The Morgan fingerprint density at radius 1 is 1.12 bits per heavy atom. The van der Waals surface area contributed by atoms with Gasteiger partial charge in [0.25, 0.3) is 0 Å². The number of amides is 2. The number of aryl methyl sites for hydroxylation is 1. The van der Waals surface area contributed by atoms with E-state index in [1.807, 2.05) is 19.1 Å². The maximum atomic E-state index is 12.3. The summed E-state index contributed by atoms with van der Waals surface area (Å²) in [5, 5.41) is 3.58. The summed E-state index contributed by atoms with van der Waals surface area (Å²) < 4.78 is 5.25. The van der Waals surface area contributed by atoms with Crippen molar-refractivity contribution in [3.05, 3.63) is 52.0 Å². The molecule has 0 aromatic heterocycles. The summed E-state index contributed by atoms with van der Waals surface area (Å²) in [5.74, 6) is 0.168. The Morgan fingerprint density at radius 3 is 2.46 bits per heavy atom. The Kier molecular flexibility index (Phi) is 6.89. The predicted molar refractivity (Wildman–Crippen MR) is 105 cm³/mol. The Balaban J connectivity index is 2.07. The van der Waals surface area contributed by atoms with Crippen molar-refractivity contribution in [3.63, 3.8) is 0 Å². The maximum Gasteiger partial charge on any atom is 0.226 e. The lowest BCUT2D eigenvalue weighted by Crippen LogP contribution is -2.32. The van der Waals surface area contributed by atoms with E-state index in [1.54, 1.807) is 31.4 Å². The Hall–Kier alpha value is -2.24. The first-order valence-electron chi connectivity index (χ1n) is 7.99. The summed E-state index contributed by atoms with van der Waals surface area (Å²) in [6, 6.07) is 10.4. The first kappa shape index (κ1) is 20.1. The largest absolute Gasteiger partial charge is 0.495 e. The summed E-state index contributed by atoms with van der Waals surface area (Å²) >= 11 is 11.9. The standard InChI is InChI=1S/C19H20Cl2N2O3/c1-12-4-7-18(26-3)17(10-12)22-19(25)8-9-23(13(2)24)14-5-6-15(20)16(21)11-14/h4-7,10-11H,8-9H2,1-3H3,(H,22,25). The zero-order chi connectivity index (χ0) is 19.3. The highest BCUT2D eigenvalue weighted by atomic mass is 35.5. The average Bonchev–Trinajstić information content (AvgIpc) is 2.58. The molecule has 7 heteroatoms. The van der Waals surface area contributed by atoms with Crippen LogP contribution in [0.5, 0.6) is 5.75 Å². The molecule has 5 nitrogen and oxygen atoms in total. The zero-order valence-corrected chi connectivity index (χ0v) is 16.3. The topological polar surface area (TPSA) is 58.6 Å². The lowest BCUT2D eigenvalue weighted by atomic mass is 10.2. The summed E-state index contributed by atoms with van der Waals surface area (Å²) in [7, 11) is 1.54. The van der Waals surface area contributed by atoms with Crippen molar-refractivity contribution in [2.24, 2.45) is 0 Å². The second-order valence-electron chi connectivity index (χ2n) is 5.77. The zero-order valence-electron chi connectivity index (χ0n) is 14.8. The van der Waals surface area contributed by atoms with E-state index in [-0.39, 0.29) is 24.8 Å². The molecule has 138 valence electrons. The van der Waals surface area contributed by atoms with E-state index in [0.29, 0.717) is 27.2 Å². The van der Waals surface area contributed by atoms with Crippen molar-refractivity contribution in [3.8, 4) is 5.75 Å². The number of carbonyl (C=O) groups excluding carboxylic acids is 2. The van der Waals surface area contributed by atoms with E-state index in [0.717, 1.165) is 5.56 Å². The van der Waals surface area contributed by atoms with Crippen LogP contribution in [0.2, 0.25) is 10.0 Å². The lowest BCUT2D eigenvalue weighted by molar-refractivity contribution is -0.117. The van der Waals surface area contributed by atoms with Crippen LogP contribution in [0.3, 0.4) is 0 Å². The molecule has 0 spiro atoms. The minimum absolute atomic E-state index is 0.122. The summed E-state index contributed by atoms with van der Waals surface area (Å²) in [5.41, 5.74) is 2.19. The van der Waals surface area contributed by atoms with E-state index in [4.69, 9.17) is 27.9 Å². The van der Waals surface area contributed by atoms with Gasteiger partial charge in [-0.1, -0.05) is 29.3 Å². The van der Waals surface area contributed by atoms with Crippen LogP contribution in [-0.4, -0.2) is 25.5 Å². The minimum Gasteiger partial charge on any atom is -0.495 e. The van der Waals surface area contributed by atoms with Crippen molar-refractivity contribution in [2.45, 2.75) is 20.3 Å². The number of carbonyl (C=O) groups is 2. The van der Waals surface area contributed by atoms with E-state index in [1.165, 1.54) is 11.8 Å². The van der Waals surface area contributed by atoms with Crippen molar-refractivity contribution in [2.75, 3.05) is 23.9 Å². The average molecular weight is 395 g/mol. The van der Waals surface area contributed by atoms with Crippen molar-refractivity contribution < 1.29 is 14.3 Å². The van der Waals surface area contributed by atoms with Crippen LogP contribution >= 0.6 is 23.2 Å². The molecule has 0 fully saturated rings. The van der Waals surface area contributed by atoms with Gasteiger partial charge < -0.3 is 15.0 Å². The second kappa shape index (κ2) is 8.92. The molecule has 0 aliphatic carbocycles. The van der Waals surface area contributed by atoms with Crippen LogP contribution in [0, 0.1) is 6.92 Å². The fraction of sp³-hybridized carbons (Fsp3) is 0.263. The third kappa shape index (κ3) is 5.13. The fourth-order valence-corrected chi connectivity index (χ4v) is 2.76. The molecule has 0 unspecified atom stereocenters. The number of nitrogens with zero attached hydrogens (tertiary/aromatic N) is 1. The summed E-state index contributed by atoms with van der Waals surface area (Å²) in [6.45, 7) is 3.58. The second-order valence-corrected chi connectivity index (χ2v) is 6.59. The Bertz CT molecular complexity index is 824. The Morgan fingerprint density at radius 2 is 1.85 bits per heavy atom. The van der Waals surface area contributed by atoms with Crippen molar-refractivity contribution in [1.82, 2.24) is 0 Å². The van der Waals surface area contributed by atoms with E-state index >= 15 is 0 Å². The quantitative estimate of drug-likeness (QED) is 0.772. The number of methoxy groups -OCH3 is 1. The number of benzene rings is 2. The first-order valence-corrected chi connectivity index (χ1v) is 8.75. The van der Waals surface area contributed by atoms with E-state index in [2.05, 4.69) is 5.32 Å². The molecule has 0 heterocycles. The third-order valence-electron chi connectivity index (χ3n) is 3.79. The molecule has 0 atom stereocenters. The molecule has 1 N–H and O–H groups in total. The molecule has 0 bridgehead atoms. The van der Waals surface area contributed by atoms with Gasteiger partial charge in [0, 0.05) is 25.6 Å². The van der Waals surface area contributed by atoms with E-state index in [9.17, 15) is 9.59 Å². The minimum atomic E-state index is -0.222. The summed E-state index contributed by atoms with van der Waals surface area (Å²) in [4.78, 5) is 25.8. The molecule has 2 aromatic carbocycles. The van der Waals surface area contributed by atoms with Gasteiger partial charge in [0.2, 0.25) is 11.8 Å². The SMILES string of the molecule is COc1ccc(C)cc1NC(=O)CCN(C(C)=O)c1ccc(Cl)c(Cl)c1. The number of rotatable bonds is 6. The van der Waals surface area contributed by atoms with Gasteiger partial charge in [-0.2, -0.15) is 0 Å². The first-order chi connectivity index (χ1) is 12.3. The van der Waals surface area contributed by atoms with Gasteiger partial charge in [0.15, 0.2) is 0 Å². The van der Waals surface area contributed by atoms with Gasteiger partial charge in [-0.15, -0.1) is 0 Å². The predicted octanol–water partition coefficient (Wildman–Crippen LogP) is 4.69. The lowest BCUT2D eigenvalue weighted by Gasteiger charge is -2.21. The molecule has 0 saturated heterocycles. The molecule has 2 amide bonds. The molecule has 2 aromatic rings. The summed E-state index contributed by atoms with van der Waals surface area (Å²) in [6.07, 6.45) is 0.122. The van der Waals surface area contributed by atoms with Gasteiger partial charge in [-0.25, -0.2) is 0 Å². The van der Waals surface area contributed by atoms with Crippen LogP contribution in [0.4, 0.5) is 11.4 Å². The van der Waals surface area contributed by atoms with Crippen molar-refractivity contribution in [1.29, 1.82) is 0 Å². The molecule has 0 saturated carbocycles. The molecule has 2 rings (SSSR count). The monoisotopic (exact) mass is 394 g/mol. The van der Waals surface area contributed by atoms with Crippen LogP contribution in [-0.2, 0) is 9.59 Å². The number of ether oxygens (including phenoxy) is 1. The highest BCUT2D eigenvalue weighted by Crippen LogP contribution is 2.28. The van der Waals surface area contributed by atoms with Crippen molar-refractivity contribution >= 4 is 46.4 Å². The van der Waals surface area contributed by atoms with Crippen LogP contribution < -0.4 is 15.0 Å². The number of hydrogen-bond donors (Lipinski definition) is 1. The number of hydrogen-bond acceptors (Lipinski definition) is 3. The molecule has 26 heavy (non-hydrogen) atoms. The highest BCUT2D eigenvalue weighted by Gasteiger charge is 2.15. The molecular formula is C19H20Cl2N2O3. The molecule has 0 aliphatic heterocycles. The number of anilines is 2. The smallest absolute Gasteiger partial charge is 0.226 e. The van der Waals surface area contributed by atoms with E-state index < -0.39 is 0 Å². The fourth-order valence-electron chi connectivity index (χ4n) is 2.47. The molecule has 0 radical (unpaired) electrons.